The van der Waals surface area contributed by atoms with Crippen LogP contribution in [0.25, 0.3) is 11.3 Å². The van der Waals surface area contributed by atoms with E-state index in [1.807, 2.05) is 17.5 Å². The fourth-order valence-corrected chi connectivity index (χ4v) is 3.27. The summed E-state index contributed by atoms with van der Waals surface area (Å²) in [6.07, 6.45) is 0.720. The van der Waals surface area contributed by atoms with E-state index in [4.69, 9.17) is 0 Å². The number of hydrogen-bond donors (Lipinski definition) is 3. The number of aliphatic hydroxyl groups excluding tert-OH is 1. The van der Waals surface area contributed by atoms with E-state index in [9.17, 15) is 14.3 Å². The second kappa shape index (κ2) is 8.04. The van der Waals surface area contributed by atoms with Crippen molar-refractivity contribution in [3.05, 3.63) is 64.2 Å². The third-order valence-electron chi connectivity index (χ3n) is 3.84. The first kappa shape index (κ1) is 17.3. The number of aromatic nitrogens is 2. The van der Waals surface area contributed by atoms with Gasteiger partial charge in [0.05, 0.1) is 5.69 Å². The SMILES string of the molecule is O=C(NCC(CO)Cc1cccs1)c1cc(-c2ccc(F)cc2)n[nH]1. The number of aliphatic hydroxyl groups is 1. The maximum absolute atomic E-state index is 13.0. The normalized spacial score (nSPS) is 12.1. The zero-order valence-corrected chi connectivity index (χ0v) is 14.2. The minimum atomic E-state index is -0.321. The highest BCUT2D eigenvalue weighted by molar-refractivity contribution is 7.09. The number of nitrogens with one attached hydrogen (secondary N) is 2. The van der Waals surface area contributed by atoms with Crippen LogP contribution in [0, 0.1) is 11.7 Å². The van der Waals surface area contributed by atoms with Crippen molar-refractivity contribution in [1.29, 1.82) is 0 Å². The molecule has 0 spiro atoms. The molecule has 1 unspecified atom stereocenters. The van der Waals surface area contributed by atoms with Gasteiger partial charge in [0.25, 0.3) is 5.91 Å². The molecule has 2 aromatic heterocycles. The van der Waals surface area contributed by atoms with Gasteiger partial charge in [0.15, 0.2) is 0 Å². The molecule has 130 valence electrons. The molecule has 0 aliphatic rings. The summed E-state index contributed by atoms with van der Waals surface area (Å²) in [5.41, 5.74) is 1.62. The lowest BCUT2D eigenvalue weighted by atomic mass is 10.1. The number of carbonyl (C=O) groups is 1. The van der Waals surface area contributed by atoms with Crippen molar-refractivity contribution in [1.82, 2.24) is 15.5 Å². The van der Waals surface area contributed by atoms with Crippen molar-refractivity contribution in [2.24, 2.45) is 5.92 Å². The summed E-state index contributed by atoms with van der Waals surface area (Å²) in [5.74, 6) is -0.648. The number of nitrogens with zero attached hydrogens (tertiary/aromatic N) is 1. The van der Waals surface area contributed by atoms with E-state index in [1.165, 1.54) is 17.0 Å². The maximum atomic E-state index is 13.0. The van der Waals surface area contributed by atoms with Crippen LogP contribution in [0.2, 0.25) is 0 Å². The molecular weight excluding hydrogens is 341 g/mol. The average molecular weight is 359 g/mol. The smallest absolute Gasteiger partial charge is 0.269 e. The number of amides is 1. The van der Waals surface area contributed by atoms with E-state index in [1.54, 1.807) is 29.5 Å². The Kier molecular flexibility index (Phi) is 5.57. The predicted molar refractivity (Wildman–Crippen MR) is 94.9 cm³/mol. The van der Waals surface area contributed by atoms with Crippen LogP contribution in [0.15, 0.2) is 47.8 Å². The van der Waals surface area contributed by atoms with Crippen LogP contribution in [-0.2, 0) is 6.42 Å². The van der Waals surface area contributed by atoms with Gasteiger partial charge in [0.1, 0.15) is 11.5 Å². The first-order valence-corrected chi connectivity index (χ1v) is 8.76. The van der Waals surface area contributed by atoms with Gasteiger partial charge in [0.2, 0.25) is 0 Å². The van der Waals surface area contributed by atoms with E-state index in [0.717, 1.165) is 12.0 Å². The van der Waals surface area contributed by atoms with E-state index in [0.29, 0.717) is 17.9 Å². The summed E-state index contributed by atoms with van der Waals surface area (Å²) in [7, 11) is 0. The van der Waals surface area contributed by atoms with Gasteiger partial charge in [-0.05, 0) is 48.2 Å². The standard InChI is InChI=1S/C18H18FN3O2S/c19-14-5-3-13(4-6-14)16-9-17(22-21-16)18(24)20-10-12(11-23)8-15-2-1-7-25-15/h1-7,9,12,23H,8,10-11H2,(H,20,24)(H,21,22). The molecule has 1 aromatic carbocycles. The summed E-state index contributed by atoms with van der Waals surface area (Å²) in [6, 6.07) is 11.5. The number of hydrogen-bond acceptors (Lipinski definition) is 4. The lowest BCUT2D eigenvalue weighted by Crippen LogP contribution is -2.31. The van der Waals surface area contributed by atoms with Gasteiger partial charge < -0.3 is 10.4 Å². The Morgan fingerprint density at radius 3 is 2.80 bits per heavy atom. The number of halogens is 1. The van der Waals surface area contributed by atoms with Crippen LogP contribution in [0.5, 0.6) is 0 Å². The zero-order valence-electron chi connectivity index (χ0n) is 13.4. The summed E-state index contributed by atoms with van der Waals surface area (Å²) in [4.78, 5) is 13.4. The number of thiophene rings is 1. The van der Waals surface area contributed by atoms with Crippen LogP contribution in [-0.4, -0.2) is 34.4 Å². The Hall–Kier alpha value is -2.51. The third-order valence-corrected chi connectivity index (χ3v) is 4.74. The zero-order chi connectivity index (χ0) is 17.6. The minimum Gasteiger partial charge on any atom is -0.396 e. The quantitative estimate of drug-likeness (QED) is 0.607. The summed E-state index contributed by atoms with van der Waals surface area (Å²) in [6.45, 7) is 0.375. The molecule has 0 bridgehead atoms. The average Bonchev–Trinajstić information content (AvgIpc) is 3.30. The molecule has 25 heavy (non-hydrogen) atoms. The first-order chi connectivity index (χ1) is 12.2. The van der Waals surface area contributed by atoms with Crippen LogP contribution in [0.3, 0.4) is 0 Å². The Balaban J connectivity index is 1.58. The van der Waals surface area contributed by atoms with Crippen LogP contribution in [0.4, 0.5) is 4.39 Å². The molecule has 0 aliphatic carbocycles. The predicted octanol–water partition coefficient (Wildman–Crippen LogP) is 2.86. The topological polar surface area (TPSA) is 78.0 Å². The summed E-state index contributed by atoms with van der Waals surface area (Å²) < 4.78 is 13.0. The summed E-state index contributed by atoms with van der Waals surface area (Å²) >= 11 is 1.63. The van der Waals surface area contributed by atoms with Gasteiger partial charge in [-0.15, -0.1) is 11.3 Å². The number of H-pyrrole nitrogens is 1. The van der Waals surface area contributed by atoms with Gasteiger partial charge >= 0.3 is 0 Å². The number of carbonyl (C=O) groups excluding carboxylic acids is 1. The van der Waals surface area contributed by atoms with Crippen molar-refractivity contribution in [3.63, 3.8) is 0 Å². The Morgan fingerprint density at radius 1 is 1.32 bits per heavy atom. The van der Waals surface area contributed by atoms with Gasteiger partial charge in [-0.3, -0.25) is 9.89 Å². The molecule has 0 aliphatic heterocycles. The Bertz CT molecular complexity index is 815. The second-order valence-corrected chi connectivity index (χ2v) is 6.75. The highest BCUT2D eigenvalue weighted by atomic mass is 32.1. The van der Waals surface area contributed by atoms with Gasteiger partial charge in [0, 0.05) is 29.5 Å². The number of rotatable bonds is 7. The highest BCUT2D eigenvalue weighted by Gasteiger charge is 2.14. The minimum absolute atomic E-state index is 0.00197. The molecular formula is C18H18FN3O2S. The Morgan fingerprint density at radius 2 is 2.12 bits per heavy atom. The van der Waals surface area contributed by atoms with Crippen molar-refractivity contribution >= 4 is 17.2 Å². The van der Waals surface area contributed by atoms with E-state index >= 15 is 0 Å². The Labute approximate surface area is 148 Å². The highest BCUT2D eigenvalue weighted by Crippen LogP contribution is 2.18. The molecule has 0 fully saturated rings. The molecule has 3 rings (SSSR count). The fourth-order valence-electron chi connectivity index (χ4n) is 2.45. The molecule has 7 heteroatoms. The van der Waals surface area contributed by atoms with Crippen molar-refractivity contribution in [2.45, 2.75) is 6.42 Å². The van der Waals surface area contributed by atoms with Gasteiger partial charge in [-0.25, -0.2) is 4.39 Å². The van der Waals surface area contributed by atoms with Crippen LogP contribution < -0.4 is 5.32 Å². The van der Waals surface area contributed by atoms with Gasteiger partial charge in [-0.1, -0.05) is 6.07 Å². The number of aromatic amines is 1. The fraction of sp³-hybridized carbons (Fsp3) is 0.222. The van der Waals surface area contributed by atoms with E-state index in [2.05, 4.69) is 15.5 Å². The van der Waals surface area contributed by atoms with E-state index < -0.39 is 0 Å². The third kappa shape index (κ3) is 4.52. The van der Waals surface area contributed by atoms with Crippen LogP contribution in [0.1, 0.15) is 15.4 Å². The largest absolute Gasteiger partial charge is 0.396 e. The van der Waals surface area contributed by atoms with Crippen molar-refractivity contribution in [3.8, 4) is 11.3 Å². The molecule has 2 heterocycles. The lowest BCUT2D eigenvalue weighted by molar-refractivity contribution is 0.0935. The van der Waals surface area contributed by atoms with E-state index in [-0.39, 0.29) is 24.2 Å². The molecule has 0 radical (unpaired) electrons. The molecule has 5 nitrogen and oxygen atoms in total. The monoisotopic (exact) mass is 359 g/mol. The van der Waals surface area contributed by atoms with Crippen LogP contribution >= 0.6 is 11.3 Å². The molecule has 1 amide bonds. The number of benzene rings is 1. The maximum Gasteiger partial charge on any atom is 0.269 e. The van der Waals surface area contributed by atoms with Crippen molar-refractivity contribution in [2.75, 3.05) is 13.2 Å². The first-order valence-electron chi connectivity index (χ1n) is 7.88. The second-order valence-electron chi connectivity index (χ2n) is 5.72. The molecule has 0 saturated heterocycles. The molecule has 0 saturated carbocycles. The van der Waals surface area contributed by atoms with Crippen molar-refractivity contribution < 1.29 is 14.3 Å². The molecule has 1 atom stereocenters. The molecule has 3 aromatic rings. The molecule has 3 N–H and O–H groups in total. The summed E-state index contributed by atoms with van der Waals surface area (Å²) in [5, 5.41) is 21.1. The lowest BCUT2D eigenvalue weighted by Gasteiger charge is -2.13. The van der Waals surface area contributed by atoms with Gasteiger partial charge in [-0.2, -0.15) is 5.10 Å².